The summed E-state index contributed by atoms with van der Waals surface area (Å²) in [4.78, 5) is 17.1. The second kappa shape index (κ2) is 9.71. The highest BCUT2D eigenvalue weighted by Crippen LogP contribution is 2.34. The van der Waals surface area contributed by atoms with E-state index in [2.05, 4.69) is 39.8 Å². The molecule has 162 valence electrons. The van der Waals surface area contributed by atoms with Gasteiger partial charge in [-0.05, 0) is 49.4 Å². The third-order valence-corrected chi connectivity index (χ3v) is 6.23. The number of nitrogens with zero attached hydrogens (tertiary/aromatic N) is 2. The number of carbonyl (C=O) groups excluding carboxylic acids is 1. The Morgan fingerprint density at radius 3 is 2.93 bits per heavy atom. The number of nitrogens with one attached hydrogen (secondary N) is 2. The first kappa shape index (κ1) is 21.0. The molecule has 0 bridgehead atoms. The first-order valence-corrected chi connectivity index (χ1v) is 11.3. The van der Waals surface area contributed by atoms with Crippen LogP contribution in [0.25, 0.3) is 11.4 Å². The van der Waals surface area contributed by atoms with Crippen molar-refractivity contribution in [3.8, 4) is 11.4 Å². The lowest BCUT2D eigenvalue weighted by Crippen LogP contribution is -2.46. The minimum Gasteiger partial charge on any atom is -0.391 e. The van der Waals surface area contributed by atoms with Crippen LogP contribution in [0.5, 0.6) is 0 Å². The summed E-state index contributed by atoms with van der Waals surface area (Å²) in [6.07, 6.45) is 8.67. The number of aliphatic hydroxyl groups excluding tert-OH is 1. The smallest absolute Gasteiger partial charge is 0.240 e. The zero-order chi connectivity index (χ0) is 20.9. The number of hydrogen-bond donors (Lipinski definition) is 3. The fourth-order valence-corrected chi connectivity index (χ4v) is 4.48. The number of unbranched alkanes of at least 4 members (excludes halogenated alkanes) is 4. The van der Waals surface area contributed by atoms with Crippen LogP contribution in [-0.2, 0) is 17.6 Å². The van der Waals surface area contributed by atoms with E-state index in [1.807, 2.05) is 6.07 Å². The van der Waals surface area contributed by atoms with Gasteiger partial charge in [0.25, 0.3) is 0 Å². The van der Waals surface area contributed by atoms with Crippen molar-refractivity contribution in [1.29, 1.82) is 0 Å². The van der Waals surface area contributed by atoms with Crippen LogP contribution in [0.3, 0.4) is 0 Å². The maximum Gasteiger partial charge on any atom is 0.240 e. The van der Waals surface area contributed by atoms with Crippen LogP contribution < -0.4 is 10.6 Å². The van der Waals surface area contributed by atoms with Crippen LogP contribution in [0.2, 0.25) is 0 Å². The minimum atomic E-state index is -0.604. The number of hydrogen-bond acceptors (Lipinski definition) is 6. The summed E-state index contributed by atoms with van der Waals surface area (Å²) in [5, 5.41) is 20.3. The lowest BCUT2D eigenvalue weighted by molar-refractivity contribution is -0.125. The van der Waals surface area contributed by atoms with Crippen molar-refractivity contribution in [3.05, 3.63) is 35.2 Å². The van der Waals surface area contributed by atoms with E-state index in [1.165, 1.54) is 31.2 Å². The Kier molecular flexibility index (Phi) is 6.79. The molecule has 0 radical (unpaired) electrons. The quantitative estimate of drug-likeness (QED) is 0.547. The van der Waals surface area contributed by atoms with Gasteiger partial charge in [0, 0.05) is 12.0 Å². The molecule has 1 aliphatic heterocycles. The number of benzene rings is 1. The SMILES string of the molecule is CCCCCCCc1nc(-c2ccc3c(c2)CC[C@H]3NC(=O)C2NCCC2O)no1. The highest BCUT2D eigenvalue weighted by Gasteiger charge is 2.33. The summed E-state index contributed by atoms with van der Waals surface area (Å²) in [6, 6.07) is 5.65. The monoisotopic (exact) mass is 412 g/mol. The first-order valence-electron chi connectivity index (χ1n) is 11.3. The van der Waals surface area contributed by atoms with Gasteiger partial charge in [0.2, 0.25) is 17.6 Å². The molecule has 2 aliphatic rings. The van der Waals surface area contributed by atoms with E-state index >= 15 is 0 Å². The van der Waals surface area contributed by atoms with Crippen LogP contribution in [0.1, 0.15) is 74.9 Å². The second-order valence-corrected chi connectivity index (χ2v) is 8.48. The van der Waals surface area contributed by atoms with Gasteiger partial charge in [0.05, 0.1) is 12.1 Å². The number of fused-ring (bicyclic) bond motifs is 1. The number of aliphatic hydroxyl groups is 1. The van der Waals surface area contributed by atoms with Crippen molar-refractivity contribution in [2.75, 3.05) is 6.54 Å². The number of aromatic nitrogens is 2. The van der Waals surface area contributed by atoms with Gasteiger partial charge in [-0.1, -0.05) is 49.9 Å². The summed E-state index contributed by atoms with van der Waals surface area (Å²) in [5.74, 6) is 1.21. The molecule has 30 heavy (non-hydrogen) atoms. The standard InChI is InChI=1S/C23H32N4O3/c1-2-3-4-5-6-7-20-26-22(27-30-20)16-8-10-17-15(14-16)9-11-18(17)25-23(29)21-19(28)12-13-24-21/h8,10,14,18-19,21,24,28H,2-7,9,11-13H2,1H3,(H,25,29)/t18-,19?,21?/m1/s1. The molecule has 1 aromatic heterocycles. The van der Waals surface area contributed by atoms with Crippen LogP contribution in [0.4, 0.5) is 0 Å². The molecule has 0 saturated carbocycles. The maximum absolute atomic E-state index is 12.5. The van der Waals surface area contributed by atoms with Crippen molar-refractivity contribution < 1.29 is 14.4 Å². The molecule has 2 unspecified atom stereocenters. The number of rotatable bonds is 9. The van der Waals surface area contributed by atoms with Gasteiger partial charge in [-0.25, -0.2) is 0 Å². The van der Waals surface area contributed by atoms with E-state index in [4.69, 9.17) is 4.52 Å². The topological polar surface area (TPSA) is 100 Å². The largest absolute Gasteiger partial charge is 0.391 e. The molecular formula is C23H32N4O3. The van der Waals surface area contributed by atoms with Crippen LogP contribution in [0, 0.1) is 0 Å². The molecule has 1 aliphatic carbocycles. The van der Waals surface area contributed by atoms with Gasteiger partial charge < -0.3 is 20.3 Å². The van der Waals surface area contributed by atoms with E-state index in [9.17, 15) is 9.90 Å². The van der Waals surface area contributed by atoms with Crippen molar-refractivity contribution in [3.63, 3.8) is 0 Å². The number of carbonyl (C=O) groups is 1. The third-order valence-electron chi connectivity index (χ3n) is 6.23. The predicted octanol–water partition coefficient (Wildman–Crippen LogP) is 3.08. The predicted molar refractivity (Wildman–Crippen MR) is 114 cm³/mol. The van der Waals surface area contributed by atoms with E-state index in [0.717, 1.165) is 36.8 Å². The van der Waals surface area contributed by atoms with Crippen LogP contribution in [-0.4, -0.2) is 39.8 Å². The van der Waals surface area contributed by atoms with Crippen molar-refractivity contribution in [2.24, 2.45) is 0 Å². The summed E-state index contributed by atoms with van der Waals surface area (Å²) >= 11 is 0. The lowest BCUT2D eigenvalue weighted by Gasteiger charge is -2.19. The summed E-state index contributed by atoms with van der Waals surface area (Å²) in [5.41, 5.74) is 3.30. The van der Waals surface area contributed by atoms with Gasteiger partial charge in [-0.2, -0.15) is 4.98 Å². The molecule has 1 aromatic carbocycles. The van der Waals surface area contributed by atoms with Crippen LogP contribution in [0.15, 0.2) is 22.7 Å². The number of amides is 1. The van der Waals surface area contributed by atoms with Crippen molar-refractivity contribution in [2.45, 2.75) is 82.9 Å². The Balaban J connectivity index is 1.36. The fraction of sp³-hybridized carbons (Fsp3) is 0.609. The van der Waals surface area contributed by atoms with Gasteiger partial charge >= 0.3 is 0 Å². The highest BCUT2D eigenvalue weighted by atomic mass is 16.5. The summed E-state index contributed by atoms with van der Waals surface area (Å²) < 4.78 is 5.44. The molecule has 0 spiro atoms. The van der Waals surface area contributed by atoms with Gasteiger partial charge in [-0.3, -0.25) is 4.79 Å². The molecule has 7 heteroatoms. The normalized spacial score (nSPS) is 22.9. The van der Waals surface area contributed by atoms with E-state index < -0.39 is 12.1 Å². The average Bonchev–Trinajstić information content (AvgIpc) is 3.48. The molecule has 1 fully saturated rings. The van der Waals surface area contributed by atoms with Gasteiger partial charge in [-0.15, -0.1) is 0 Å². The molecule has 7 nitrogen and oxygen atoms in total. The lowest BCUT2D eigenvalue weighted by atomic mass is 10.0. The molecule has 2 heterocycles. The molecule has 3 N–H and O–H groups in total. The molecule has 4 rings (SSSR count). The fourth-order valence-electron chi connectivity index (χ4n) is 4.48. The minimum absolute atomic E-state index is 0.0138. The first-order chi connectivity index (χ1) is 14.7. The highest BCUT2D eigenvalue weighted by molar-refractivity contribution is 5.83. The molecule has 3 atom stereocenters. The van der Waals surface area contributed by atoms with E-state index in [-0.39, 0.29) is 11.9 Å². The second-order valence-electron chi connectivity index (χ2n) is 8.48. The summed E-state index contributed by atoms with van der Waals surface area (Å²) in [7, 11) is 0. The summed E-state index contributed by atoms with van der Waals surface area (Å²) in [6.45, 7) is 2.89. The molecule has 1 saturated heterocycles. The van der Waals surface area contributed by atoms with Crippen molar-refractivity contribution >= 4 is 5.91 Å². The maximum atomic E-state index is 12.5. The third kappa shape index (κ3) is 4.73. The van der Waals surface area contributed by atoms with Gasteiger partial charge in [0.15, 0.2) is 0 Å². The average molecular weight is 413 g/mol. The van der Waals surface area contributed by atoms with E-state index in [1.54, 1.807) is 0 Å². The Bertz CT molecular complexity index is 866. The number of aryl methyl sites for hydroxylation is 2. The zero-order valence-corrected chi connectivity index (χ0v) is 17.7. The van der Waals surface area contributed by atoms with Crippen LogP contribution >= 0.6 is 0 Å². The Labute approximate surface area is 177 Å². The van der Waals surface area contributed by atoms with Crippen molar-refractivity contribution in [1.82, 2.24) is 20.8 Å². The zero-order valence-electron chi connectivity index (χ0n) is 17.7. The Morgan fingerprint density at radius 1 is 1.27 bits per heavy atom. The van der Waals surface area contributed by atoms with E-state index in [0.29, 0.717) is 24.7 Å². The van der Waals surface area contributed by atoms with Gasteiger partial charge in [0.1, 0.15) is 6.04 Å². The Morgan fingerprint density at radius 2 is 2.13 bits per heavy atom. The molecular weight excluding hydrogens is 380 g/mol. The molecule has 2 aromatic rings. The Hall–Kier alpha value is -2.25. The molecule has 1 amide bonds.